The van der Waals surface area contributed by atoms with Crippen LogP contribution in [-0.2, 0) is 5.67 Å². The van der Waals surface area contributed by atoms with E-state index in [0.29, 0.717) is 6.07 Å². The maximum atomic E-state index is 14.7. The molecule has 0 nitrogen and oxygen atoms in total. The molecule has 0 heterocycles. The summed E-state index contributed by atoms with van der Waals surface area (Å²) in [5.41, 5.74) is -8.83. The van der Waals surface area contributed by atoms with Crippen molar-refractivity contribution >= 4 is 27.7 Å². The van der Waals surface area contributed by atoms with Crippen molar-refractivity contribution in [2.75, 3.05) is 6.26 Å². The molecule has 0 aromatic heterocycles. The fourth-order valence-corrected chi connectivity index (χ4v) is 3.67. The molecule has 0 radical (unpaired) electrons. The molecule has 0 N–H and O–H groups in total. The minimum absolute atomic E-state index is 0.0533. The summed E-state index contributed by atoms with van der Waals surface area (Å²) in [5.74, 6) is -1.09. The average molecular weight is 465 g/mol. The molecular weight excluding hydrogens is 456 g/mol. The summed E-state index contributed by atoms with van der Waals surface area (Å²) >= 11 is 3.67. The smallest absolute Gasteiger partial charge is 0.218 e. The van der Waals surface area contributed by atoms with Crippen LogP contribution >= 0.6 is 27.7 Å². The molecule has 0 amide bonds. The normalized spacial score (nSPS) is 13.2. The van der Waals surface area contributed by atoms with Crippen LogP contribution in [0.2, 0.25) is 0 Å². The zero-order valence-corrected chi connectivity index (χ0v) is 15.2. The molecule has 142 valence electrons. The zero-order valence-electron chi connectivity index (χ0n) is 12.8. The van der Waals surface area contributed by atoms with E-state index in [9.17, 15) is 35.1 Å². The van der Waals surface area contributed by atoms with Crippen molar-refractivity contribution < 1.29 is 35.1 Å². The quantitative estimate of drug-likeness (QED) is 0.340. The monoisotopic (exact) mass is 464 g/mol. The lowest BCUT2D eigenvalue weighted by Gasteiger charge is -2.32. The molecule has 0 atom stereocenters. The summed E-state index contributed by atoms with van der Waals surface area (Å²) in [6.07, 6.45) is -11.2. The first kappa shape index (κ1) is 21.0. The summed E-state index contributed by atoms with van der Waals surface area (Å²) in [4.78, 5) is -0.0533. The van der Waals surface area contributed by atoms with Crippen molar-refractivity contribution in [2.24, 2.45) is 0 Å². The molecule has 2 rings (SSSR count). The number of thioether (sulfide) groups is 1. The van der Waals surface area contributed by atoms with Gasteiger partial charge in [0.25, 0.3) is 0 Å². The molecule has 0 aliphatic heterocycles. The molecule has 10 heteroatoms. The van der Waals surface area contributed by atoms with Crippen molar-refractivity contribution in [1.29, 1.82) is 0 Å². The Balaban J connectivity index is 2.99. The minimum Gasteiger partial charge on any atom is -0.218 e. The maximum Gasteiger partial charge on any atom is 0.435 e. The third kappa shape index (κ3) is 3.45. The van der Waals surface area contributed by atoms with Crippen molar-refractivity contribution in [3.8, 4) is 11.1 Å². The number of rotatable bonds is 3. The first-order valence-electron chi connectivity index (χ1n) is 6.80. The first-order valence-corrected chi connectivity index (χ1v) is 8.81. The van der Waals surface area contributed by atoms with Gasteiger partial charge in [0.1, 0.15) is 5.82 Å². The van der Waals surface area contributed by atoms with Gasteiger partial charge in [-0.3, -0.25) is 0 Å². The summed E-state index contributed by atoms with van der Waals surface area (Å²) in [7, 11) is 0. The lowest BCUT2D eigenvalue weighted by atomic mass is 9.87. The van der Waals surface area contributed by atoms with Gasteiger partial charge >= 0.3 is 18.0 Å². The highest BCUT2D eigenvalue weighted by Crippen LogP contribution is 2.56. The predicted molar refractivity (Wildman–Crippen MR) is 86.2 cm³/mol. The van der Waals surface area contributed by atoms with Crippen molar-refractivity contribution in [3.63, 3.8) is 0 Å². The average Bonchev–Trinajstić information content (AvgIpc) is 2.52. The Morgan fingerprint density at radius 3 is 1.88 bits per heavy atom. The van der Waals surface area contributed by atoms with Crippen LogP contribution in [0.15, 0.2) is 45.8 Å². The van der Waals surface area contributed by atoms with E-state index in [2.05, 4.69) is 15.9 Å². The van der Waals surface area contributed by atoms with Crippen LogP contribution in [0.25, 0.3) is 11.1 Å². The van der Waals surface area contributed by atoms with E-state index in [1.807, 2.05) is 0 Å². The number of alkyl halides is 7. The molecule has 0 bridgehead atoms. The van der Waals surface area contributed by atoms with Crippen LogP contribution in [0, 0.1) is 5.82 Å². The number of hydrogen-bond acceptors (Lipinski definition) is 1. The molecule has 2 aromatic rings. The third-order valence-electron chi connectivity index (χ3n) is 3.60. The Morgan fingerprint density at radius 2 is 1.42 bits per heavy atom. The molecule has 2 aromatic carbocycles. The molecule has 0 aliphatic rings. The van der Waals surface area contributed by atoms with E-state index < -0.39 is 40.5 Å². The highest BCUT2D eigenvalue weighted by atomic mass is 79.9. The van der Waals surface area contributed by atoms with Gasteiger partial charge in [0.05, 0.1) is 0 Å². The molecular formula is C16H9BrF8S. The van der Waals surface area contributed by atoms with E-state index in [-0.39, 0.29) is 9.37 Å². The lowest BCUT2D eigenvalue weighted by Crippen LogP contribution is -2.50. The fourth-order valence-electron chi connectivity index (χ4n) is 2.38. The van der Waals surface area contributed by atoms with Crippen LogP contribution in [-0.4, -0.2) is 18.6 Å². The zero-order chi connectivity index (χ0) is 19.9. The van der Waals surface area contributed by atoms with Crippen LogP contribution in [0.4, 0.5) is 35.1 Å². The SMILES string of the molecule is CSc1cc(Br)c(-c2ccccc2F)c(C(F)(C(F)(F)F)C(F)(F)F)c1. The van der Waals surface area contributed by atoms with Gasteiger partial charge in [0, 0.05) is 26.1 Å². The van der Waals surface area contributed by atoms with Gasteiger partial charge in [-0.2, -0.15) is 26.3 Å². The fraction of sp³-hybridized carbons (Fsp3) is 0.250. The largest absolute Gasteiger partial charge is 0.435 e. The Hall–Kier alpha value is -1.29. The first-order chi connectivity index (χ1) is 11.8. The Morgan fingerprint density at radius 1 is 0.885 bits per heavy atom. The van der Waals surface area contributed by atoms with Gasteiger partial charge in [-0.15, -0.1) is 11.8 Å². The molecule has 0 aliphatic carbocycles. The molecule has 0 fully saturated rings. The third-order valence-corrected chi connectivity index (χ3v) is 4.93. The maximum absolute atomic E-state index is 14.7. The predicted octanol–water partition coefficient (Wildman–Crippen LogP) is 7.27. The highest BCUT2D eigenvalue weighted by Gasteiger charge is 2.74. The van der Waals surface area contributed by atoms with Crippen molar-refractivity contribution in [2.45, 2.75) is 22.9 Å². The highest BCUT2D eigenvalue weighted by molar-refractivity contribution is 9.10. The van der Waals surface area contributed by atoms with Gasteiger partial charge < -0.3 is 0 Å². The second-order valence-corrected chi connectivity index (χ2v) is 6.90. The van der Waals surface area contributed by atoms with Crippen LogP contribution < -0.4 is 0 Å². The van der Waals surface area contributed by atoms with Crippen molar-refractivity contribution in [3.05, 3.63) is 52.3 Å². The van der Waals surface area contributed by atoms with E-state index >= 15 is 0 Å². The van der Waals surface area contributed by atoms with E-state index in [4.69, 9.17) is 0 Å². The second-order valence-electron chi connectivity index (χ2n) is 5.17. The minimum atomic E-state index is -6.30. The van der Waals surface area contributed by atoms with E-state index in [1.54, 1.807) is 0 Å². The summed E-state index contributed by atoms with van der Waals surface area (Å²) < 4.78 is 108. The summed E-state index contributed by atoms with van der Waals surface area (Å²) in [6.45, 7) is 0. The van der Waals surface area contributed by atoms with E-state index in [1.165, 1.54) is 24.5 Å². The molecule has 0 saturated carbocycles. The molecule has 0 spiro atoms. The van der Waals surface area contributed by atoms with Crippen LogP contribution in [0.3, 0.4) is 0 Å². The second kappa shape index (κ2) is 7.03. The lowest BCUT2D eigenvalue weighted by molar-refractivity contribution is -0.348. The number of halogens is 9. The Bertz CT molecular complexity index is 799. The van der Waals surface area contributed by atoms with Crippen LogP contribution in [0.5, 0.6) is 0 Å². The number of hydrogen-bond donors (Lipinski definition) is 0. The van der Waals surface area contributed by atoms with Gasteiger partial charge in [0.15, 0.2) is 0 Å². The number of benzene rings is 2. The Labute approximate surface area is 155 Å². The van der Waals surface area contributed by atoms with Gasteiger partial charge in [-0.25, -0.2) is 8.78 Å². The topological polar surface area (TPSA) is 0 Å². The van der Waals surface area contributed by atoms with E-state index in [0.717, 1.165) is 23.9 Å². The summed E-state index contributed by atoms with van der Waals surface area (Å²) in [6, 6.07) is 5.90. The summed E-state index contributed by atoms with van der Waals surface area (Å²) in [5, 5.41) is 0. The standard InChI is InChI=1S/C16H9BrF8S/c1-26-8-6-10(14(19,15(20,21)22)16(23,24)25)13(11(17)7-8)9-4-2-3-5-12(9)18/h2-7H,1H3. The van der Waals surface area contributed by atoms with Gasteiger partial charge in [0.2, 0.25) is 0 Å². The molecule has 26 heavy (non-hydrogen) atoms. The molecule has 0 unspecified atom stereocenters. The van der Waals surface area contributed by atoms with Gasteiger partial charge in [-0.1, -0.05) is 34.1 Å². The molecule has 0 saturated heterocycles. The van der Waals surface area contributed by atoms with Crippen LogP contribution in [0.1, 0.15) is 5.56 Å². The van der Waals surface area contributed by atoms with Gasteiger partial charge in [-0.05, 0) is 24.5 Å². The Kier molecular flexibility index (Phi) is 5.68. The van der Waals surface area contributed by atoms with Crippen molar-refractivity contribution in [1.82, 2.24) is 0 Å².